The lowest BCUT2D eigenvalue weighted by Gasteiger charge is -2.10. The molecule has 1 atom stereocenters. The Bertz CT molecular complexity index is 102. The quantitative estimate of drug-likeness (QED) is 0.616. The van der Waals surface area contributed by atoms with Gasteiger partial charge in [-0.3, -0.25) is 4.79 Å². The number of likely N-dealkylation sites (N-methyl/N-ethyl adjacent to an activating group) is 1. The van der Waals surface area contributed by atoms with Crippen LogP contribution in [0.25, 0.3) is 0 Å². The van der Waals surface area contributed by atoms with Crippen molar-refractivity contribution in [3.8, 4) is 0 Å². The molecule has 0 saturated heterocycles. The maximum absolute atomic E-state index is 10.4. The maximum Gasteiger partial charge on any atom is 0.321 e. The number of thioether (sulfide) groups is 1. The predicted octanol–water partition coefficient (Wildman–Crippen LogP) is 0.412. The molecule has 0 aliphatic heterocycles. The molecule has 3 nitrogen and oxygen atoms in total. The van der Waals surface area contributed by atoms with Crippen LogP contribution < -0.4 is 5.32 Å². The van der Waals surface area contributed by atoms with E-state index in [0.29, 0.717) is 12.3 Å². The smallest absolute Gasteiger partial charge is 0.321 e. The van der Waals surface area contributed by atoms with Crippen molar-refractivity contribution in [3.63, 3.8) is 0 Å². The van der Waals surface area contributed by atoms with Crippen molar-refractivity contribution in [2.45, 2.75) is 13.0 Å². The van der Waals surface area contributed by atoms with Gasteiger partial charge in [-0.25, -0.2) is 0 Å². The van der Waals surface area contributed by atoms with Gasteiger partial charge in [-0.2, -0.15) is 11.8 Å². The van der Waals surface area contributed by atoms with E-state index >= 15 is 0 Å². The van der Waals surface area contributed by atoms with E-state index in [-0.39, 0.29) is 6.04 Å². The van der Waals surface area contributed by atoms with Crippen LogP contribution in [0.3, 0.4) is 0 Å². The molecule has 2 N–H and O–H groups in total. The Morgan fingerprint density at radius 1 is 1.80 bits per heavy atom. The highest BCUT2D eigenvalue weighted by molar-refractivity contribution is 7.98. The summed E-state index contributed by atoms with van der Waals surface area (Å²) in [6.07, 6.45) is 1.90. The topological polar surface area (TPSA) is 49.3 Å². The second-order valence-electron chi connectivity index (χ2n) is 1.90. The van der Waals surface area contributed by atoms with Crippen LogP contribution >= 0.6 is 11.8 Å². The Labute approximate surface area is 65.2 Å². The minimum Gasteiger partial charge on any atom is -0.480 e. The fourth-order valence-corrected chi connectivity index (χ4v) is 1.22. The van der Waals surface area contributed by atoms with Crippen molar-refractivity contribution in [1.29, 1.82) is 0 Å². The van der Waals surface area contributed by atoms with Crippen LogP contribution in [0.2, 0.25) is 0 Å². The highest BCUT2D eigenvalue weighted by atomic mass is 32.2. The molecule has 0 aliphatic carbocycles. The van der Waals surface area contributed by atoms with E-state index in [1.165, 1.54) is 11.8 Å². The van der Waals surface area contributed by atoms with E-state index in [2.05, 4.69) is 5.32 Å². The maximum atomic E-state index is 10.4. The summed E-state index contributed by atoms with van der Waals surface area (Å²) < 4.78 is 0. The summed E-state index contributed by atoms with van der Waals surface area (Å²) in [5.74, 6) is -0.139. The van der Waals surface area contributed by atoms with Crippen molar-refractivity contribution in [2.24, 2.45) is 0 Å². The minimum atomic E-state index is -0.767. The van der Waals surface area contributed by atoms with Crippen LogP contribution in [0.15, 0.2) is 0 Å². The first-order valence-corrected chi connectivity index (χ1v) is 4.56. The molecule has 0 aromatic rings. The van der Waals surface area contributed by atoms with Crippen LogP contribution in [0.1, 0.15) is 6.92 Å². The van der Waals surface area contributed by atoms with Gasteiger partial charge in [0.05, 0.1) is 0 Å². The summed E-state index contributed by atoms with van der Waals surface area (Å²) in [6, 6.07) is -0.389. The summed E-state index contributed by atoms with van der Waals surface area (Å²) in [6.45, 7) is 2.60. The molecular weight excluding hydrogens is 150 g/mol. The SMILES string of the molecule is CCNC(CSC)C(=O)O. The zero-order chi connectivity index (χ0) is 7.98. The highest BCUT2D eigenvalue weighted by Gasteiger charge is 2.13. The Hall–Kier alpha value is -0.220. The molecule has 0 fully saturated rings. The standard InChI is InChI=1S/C6H13NO2S/c1-3-7-5(4-10-2)6(8)9/h5,7H,3-4H2,1-2H3,(H,8,9). The normalized spacial score (nSPS) is 13.0. The number of hydrogen-bond donors (Lipinski definition) is 2. The van der Waals surface area contributed by atoms with E-state index in [9.17, 15) is 4.79 Å². The van der Waals surface area contributed by atoms with Crippen molar-refractivity contribution in [3.05, 3.63) is 0 Å². The Kier molecular flexibility index (Phi) is 5.43. The lowest BCUT2D eigenvalue weighted by molar-refractivity contribution is -0.138. The van der Waals surface area contributed by atoms with Crippen LogP contribution in [0.4, 0.5) is 0 Å². The Morgan fingerprint density at radius 2 is 2.40 bits per heavy atom. The summed E-state index contributed by atoms with van der Waals surface area (Å²) in [4.78, 5) is 10.4. The molecule has 0 saturated carbocycles. The van der Waals surface area contributed by atoms with Crippen LogP contribution in [-0.2, 0) is 4.79 Å². The fourth-order valence-electron chi connectivity index (χ4n) is 0.631. The molecule has 0 bridgehead atoms. The van der Waals surface area contributed by atoms with E-state index in [1.54, 1.807) is 0 Å². The molecule has 0 amide bonds. The first kappa shape index (κ1) is 9.78. The van der Waals surface area contributed by atoms with Crippen molar-refractivity contribution >= 4 is 17.7 Å². The van der Waals surface area contributed by atoms with Gasteiger partial charge in [-0.05, 0) is 12.8 Å². The summed E-state index contributed by atoms with van der Waals surface area (Å²) in [5, 5.41) is 11.4. The number of aliphatic carboxylic acids is 1. The number of rotatable bonds is 5. The summed E-state index contributed by atoms with van der Waals surface area (Å²) >= 11 is 1.53. The molecule has 0 rings (SSSR count). The molecule has 0 aromatic heterocycles. The van der Waals surface area contributed by atoms with Gasteiger partial charge < -0.3 is 10.4 Å². The third kappa shape index (κ3) is 3.74. The van der Waals surface area contributed by atoms with E-state index < -0.39 is 5.97 Å². The van der Waals surface area contributed by atoms with E-state index in [4.69, 9.17) is 5.11 Å². The van der Waals surface area contributed by atoms with Crippen LogP contribution in [0, 0.1) is 0 Å². The van der Waals surface area contributed by atoms with Gasteiger partial charge in [0.2, 0.25) is 0 Å². The number of nitrogens with one attached hydrogen (secondary N) is 1. The first-order chi connectivity index (χ1) is 4.72. The summed E-state index contributed by atoms with van der Waals surface area (Å²) in [7, 11) is 0. The molecule has 10 heavy (non-hydrogen) atoms. The number of carboxylic acid groups (broad SMARTS) is 1. The molecule has 0 heterocycles. The zero-order valence-electron chi connectivity index (χ0n) is 6.26. The highest BCUT2D eigenvalue weighted by Crippen LogP contribution is 1.96. The number of carboxylic acids is 1. The van der Waals surface area contributed by atoms with Gasteiger partial charge in [0.1, 0.15) is 6.04 Å². The van der Waals surface area contributed by atoms with Gasteiger partial charge in [-0.15, -0.1) is 0 Å². The molecular formula is C6H13NO2S. The van der Waals surface area contributed by atoms with Crippen LogP contribution in [0.5, 0.6) is 0 Å². The second kappa shape index (κ2) is 5.56. The lowest BCUT2D eigenvalue weighted by atomic mass is 10.3. The largest absolute Gasteiger partial charge is 0.480 e. The molecule has 1 unspecified atom stereocenters. The van der Waals surface area contributed by atoms with Gasteiger partial charge in [0, 0.05) is 5.75 Å². The molecule has 0 spiro atoms. The van der Waals surface area contributed by atoms with Gasteiger partial charge in [0.15, 0.2) is 0 Å². The van der Waals surface area contributed by atoms with Gasteiger partial charge in [-0.1, -0.05) is 6.92 Å². The molecule has 4 heteroatoms. The minimum absolute atomic E-state index is 0.389. The second-order valence-corrected chi connectivity index (χ2v) is 2.81. The molecule has 60 valence electrons. The molecule has 0 aliphatic rings. The average Bonchev–Trinajstić information content (AvgIpc) is 1.87. The third-order valence-electron chi connectivity index (χ3n) is 1.08. The monoisotopic (exact) mass is 163 g/mol. The van der Waals surface area contributed by atoms with Crippen molar-refractivity contribution in [2.75, 3.05) is 18.6 Å². The van der Waals surface area contributed by atoms with Gasteiger partial charge >= 0.3 is 5.97 Å². The average molecular weight is 163 g/mol. The molecule has 0 aromatic carbocycles. The lowest BCUT2D eigenvalue weighted by Crippen LogP contribution is -2.38. The third-order valence-corrected chi connectivity index (χ3v) is 1.75. The number of carbonyl (C=O) groups is 1. The van der Waals surface area contributed by atoms with Crippen molar-refractivity contribution in [1.82, 2.24) is 5.32 Å². The van der Waals surface area contributed by atoms with Crippen LogP contribution in [-0.4, -0.2) is 35.7 Å². The Morgan fingerprint density at radius 3 is 2.70 bits per heavy atom. The van der Waals surface area contributed by atoms with E-state index in [0.717, 1.165) is 0 Å². The molecule has 0 radical (unpaired) electrons. The van der Waals surface area contributed by atoms with E-state index in [1.807, 2.05) is 13.2 Å². The first-order valence-electron chi connectivity index (χ1n) is 3.17. The summed E-state index contributed by atoms with van der Waals surface area (Å²) in [5.41, 5.74) is 0. The van der Waals surface area contributed by atoms with Gasteiger partial charge in [0.25, 0.3) is 0 Å². The number of hydrogen-bond acceptors (Lipinski definition) is 3. The Balaban J connectivity index is 3.61. The van der Waals surface area contributed by atoms with Crippen molar-refractivity contribution < 1.29 is 9.90 Å². The zero-order valence-corrected chi connectivity index (χ0v) is 7.07. The predicted molar refractivity (Wildman–Crippen MR) is 43.5 cm³/mol. The fraction of sp³-hybridized carbons (Fsp3) is 0.833.